The van der Waals surface area contributed by atoms with E-state index in [0.29, 0.717) is 21.4 Å². The number of amides is 2. The van der Waals surface area contributed by atoms with Crippen molar-refractivity contribution in [2.75, 3.05) is 9.80 Å². The summed E-state index contributed by atoms with van der Waals surface area (Å²) in [6, 6.07) is 9.48. The average molecular weight is 552 g/mol. The van der Waals surface area contributed by atoms with Crippen molar-refractivity contribution in [3.63, 3.8) is 0 Å². The Morgan fingerprint density at radius 3 is 1.33 bits per heavy atom. The molecule has 2 saturated heterocycles. The Balaban J connectivity index is 1.71. The number of thiocarbonyl (C=S) groups is 2. The largest absolute Gasteiger partial charge is 0.272 e. The summed E-state index contributed by atoms with van der Waals surface area (Å²) in [7, 11) is 0. The number of nitrogens with zero attached hydrogens (tertiary/aromatic N) is 2. The minimum atomic E-state index is -0.432. The lowest BCUT2D eigenvalue weighted by Crippen LogP contribution is -2.29. The Morgan fingerprint density at radius 1 is 0.633 bits per heavy atom. The van der Waals surface area contributed by atoms with Crippen LogP contribution in [0.2, 0.25) is 20.1 Å². The predicted octanol–water partition coefficient (Wildman–Crippen LogP) is 6.94. The van der Waals surface area contributed by atoms with Crippen molar-refractivity contribution >= 4 is 126 Å². The molecule has 0 radical (unpaired) electrons. The fourth-order valence-electron chi connectivity index (χ4n) is 2.70. The van der Waals surface area contributed by atoms with Crippen molar-refractivity contribution in [1.82, 2.24) is 0 Å². The second-order valence-corrected chi connectivity index (χ2v) is 10.8. The molecule has 0 N–H and O–H groups in total. The van der Waals surface area contributed by atoms with Gasteiger partial charge in [-0.2, -0.15) is 0 Å². The van der Waals surface area contributed by atoms with Gasteiger partial charge in [-0.25, -0.2) is 0 Å². The molecular weight excluding hydrogens is 546 g/mol. The summed E-state index contributed by atoms with van der Waals surface area (Å²) < 4.78 is 0.543. The van der Waals surface area contributed by atoms with Crippen LogP contribution in [0, 0.1) is 0 Å². The highest BCUT2D eigenvalue weighted by Crippen LogP contribution is 2.45. The molecule has 0 spiro atoms. The van der Waals surface area contributed by atoms with Crippen LogP contribution in [0.3, 0.4) is 0 Å². The zero-order valence-corrected chi connectivity index (χ0v) is 20.6. The van der Waals surface area contributed by atoms with E-state index >= 15 is 0 Å². The van der Waals surface area contributed by atoms with Crippen molar-refractivity contribution in [3.8, 4) is 0 Å². The molecule has 2 heterocycles. The molecule has 152 valence electrons. The third-order valence-corrected chi connectivity index (χ3v) is 8.42. The molecule has 0 aliphatic carbocycles. The van der Waals surface area contributed by atoms with E-state index in [0.717, 1.165) is 23.5 Å². The standard InChI is InChI=1S/C18H6Cl4N2O2S4/c19-9-3-1-7(5-11(9)21)23-15(25)13(29-17(23)27)14-16(26)24(18(28)30-14)8-2-4-10(20)12(22)6-8/h1-6H/b14-13+. The van der Waals surface area contributed by atoms with Crippen molar-refractivity contribution in [1.29, 1.82) is 0 Å². The lowest BCUT2D eigenvalue weighted by atomic mass is 10.2. The quantitative estimate of drug-likeness (QED) is 0.297. The summed E-state index contributed by atoms with van der Waals surface area (Å²) in [6.07, 6.45) is 0. The summed E-state index contributed by atoms with van der Waals surface area (Å²) in [6.45, 7) is 0. The van der Waals surface area contributed by atoms with Gasteiger partial charge >= 0.3 is 0 Å². The molecule has 0 aromatic heterocycles. The van der Waals surface area contributed by atoms with Crippen LogP contribution < -0.4 is 9.80 Å². The van der Waals surface area contributed by atoms with Crippen LogP contribution in [0.5, 0.6) is 0 Å². The molecule has 2 fully saturated rings. The summed E-state index contributed by atoms with van der Waals surface area (Å²) in [5.74, 6) is -0.865. The highest BCUT2D eigenvalue weighted by Gasteiger charge is 2.43. The highest BCUT2D eigenvalue weighted by atomic mass is 35.5. The first-order chi connectivity index (χ1) is 14.2. The molecule has 30 heavy (non-hydrogen) atoms. The summed E-state index contributed by atoms with van der Waals surface area (Å²) >= 11 is 36.8. The number of hydrogen-bond donors (Lipinski definition) is 0. The summed E-state index contributed by atoms with van der Waals surface area (Å²) in [4.78, 5) is 29.2. The molecule has 2 aromatic rings. The molecule has 4 nitrogen and oxygen atoms in total. The number of carbonyl (C=O) groups excluding carboxylic acids is 2. The summed E-state index contributed by atoms with van der Waals surface area (Å²) in [5.41, 5.74) is 0.920. The van der Waals surface area contributed by atoms with E-state index in [-0.39, 0.29) is 28.5 Å². The van der Waals surface area contributed by atoms with Crippen LogP contribution in [0.25, 0.3) is 0 Å². The number of carbonyl (C=O) groups is 2. The van der Waals surface area contributed by atoms with E-state index in [1.54, 1.807) is 36.4 Å². The van der Waals surface area contributed by atoms with E-state index in [1.165, 1.54) is 9.80 Å². The maximum atomic E-state index is 13.1. The van der Waals surface area contributed by atoms with Gasteiger partial charge < -0.3 is 0 Å². The molecule has 0 saturated carbocycles. The number of anilines is 2. The van der Waals surface area contributed by atoms with Crippen LogP contribution in [-0.2, 0) is 9.59 Å². The third-order valence-electron chi connectivity index (χ3n) is 4.07. The van der Waals surface area contributed by atoms with Crippen molar-refractivity contribution in [3.05, 3.63) is 66.3 Å². The SMILES string of the molecule is O=C1/C(=C2\SC(=S)N(c3ccc(Cl)c(Cl)c3)C2=O)SC(=S)N1c1ccc(Cl)c(Cl)c1. The van der Waals surface area contributed by atoms with Crippen molar-refractivity contribution < 1.29 is 9.59 Å². The van der Waals surface area contributed by atoms with Gasteiger partial charge in [-0.15, -0.1) is 0 Å². The second kappa shape index (κ2) is 8.60. The van der Waals surface area contributed by atoms with Crippen LogP contribution in [0.15, 0.2) is 46.2 Å². The number of halogens is 4. The molecule has 2 amide bonds. The molecule has 0 atom stereocenters. The molecular formula is C18H6Cl4N2O2S4. The molecule has 2 aromatic carbocycles. The predicted molar refractivity (Wildman–Crippen MR) is 135 cm³/mol. The number of thioether (sulfide) groups is 2. The van der Waals surface area contributed by atoms with Gasteiger partial charge in [0.05, 0.1) is 41.3 Å². The third kappa shape index (κ3) is 3.89. The Kier molecular flexibility index (Phi) is 6.41. The zero-order valence-electron chi connectivity index (χ0n) is 14.3. The van der Waals surface area contributed by atoms with Crippen molar-refractivity contribution in [2.45, 2.75) is 0 Å². The van der Waals surface area contributed by atoms with E-state index in [4.69, 9.17) is 70.8 Å². The maximum absolute atomic E-state index is 13.1. The first kappa shape index (κ1) is 22.4. The Labute approximate surface area is 210 Å². The molecule has 4 rings (SSSR count). The first-order valence-electron chi connectivity index (χ1n) is 7.96. The smallest absolute Gasteiger partial charge is 0.268 e. The van der Waals surface area contributed by atoms with Gasteiger partial charge in [-0.05, 0) is 36.4 Å². The van der Waals surface area contributed by atoms with Gasteiger partial charge in [0.2, 0.25) is 0 Å². The normalized spacial score (nSPS) is 19.5. The average Bonchev–Trinajstić information content (AvgIpc) is 3.15. The van der Waals surface area contributed by atoms with Gasteiger partial charge in [0.1, 0.15) is 0 Å². The fourth-order valence-corrected chi connectivity index (χ4v) is 6.04. The highest BCUT2D eigenvalue weighted by molar-refractivity contribution is 8.30. The van der Waals surface area contributed by atoms with Gasteiger partial charge in [0.25, 0.3) is 11.8 Å². The number of benzene rings is 2. The van der Waals surface area contributed by atoms with E-state index < -0.39 is 11.8 Å². The van der Waals surface area contributed by atoms with Gasteiger partial charge in [0.15, 0.2) is 8.64 Å². The van der Waals surface area contributed by atoms with E-state index in [2.05, 4.69) is 0 Å². The first-order valence-corrected chi connectivity index (χ1v) is 11.9. The molecule has 0 unspecified atom stereocenters. The van der Waals surface area contributed by atoms with Gasteiger partial charge in [-0.1, -0.05) is 94.4 Å². The topological polar surface area (TPSA) is 40.6 Å². The van der Waals surface area contributed by atoms with Crippen LogP contribution in [0.1, 0.15) is 0 Å². The number of hydrogen-bond acceptors (Lipinski definition) is 6. The van der Waals surface area contributed by atoms with Crippen molar-refractivity contribution in [2.24, 2.45) is 0 Å². The zero-order chi connectivity index (χ0) is 21.7. The Bertz CT molecular complexity index is 1110. The molecule has 0 bridgehead atoms. The second-order valence-electron chi connectivity index (χ2n) is 5.87. The van der Waals surface area contributed by atoms with E-state index in [9.17, 15) is 9.59 Å². The molecule has 12 heteroatoms. The fraction of sp³-hybridized carbons (Fsp3) is 0. The van der Waals surface area contributed by atoms with Crippen LogP contribution in [0.4, 0.5) is 11.4 Å². The lowest BCUT2D eigenvalue weighted by molar-refractivity contribution is -0.115. The minimum absolute atomic E-state index is 0.200. The van der Waals surface area contributed by atoms with Gasteiger partial charge in [-0.3, -0.25) is 19.4 Å². The molecule has 2 aliphatic heterocycles. The maximum Gasteiger partial charge on any atom is 0.272 e. The monoisotopic (exact) mass is 550 g/mol. The van der Waals surface area contributed by atoms with Crippen LogP contribution in [-0.4, -0.2) is 20.5 Å². The van der Waals surface area contributed by atoms with E-state index in [1.807, 2.05) is 0 Å². The number of rotatable bonds is 2. The molecule has 2 aliphatic rings. The Hall–Kier alpha value is -0.840. The minimum Gasteiger partial charge on any atom is -0.268 e. The van der Waals surface area contributed by atoms with Gasteiger partial charge in [0, 0.05) is 0 Å². The Morgan fingerprint density at radius 2 is 1.00 bits per heavy atom. The van der Waals surface area contributed by atoms with Crippen LogP contribution >= 0.6 is 94.4 Å². The lowest BCUT2D eigenvalue weighted by Gasteiger charge is -2.15. The summed E-state index contributed by atoms with van der Waals surface area (Å²) in [5, 5.41) is 1.28.